The number of Topliss-reactive ketones (excluding diaryl/α,β-unsaturated/α-hetero) is 1. The summed E-state index contributed by atoms with van der Waals surface area (Å²) in [6.45, 7) is -0.160. The van der Waals surface area contributed by atoms with Gasteiger partial charge in [-0.3, -0.25) is 14.4 Å². The number of ketones is 1. The van der Waals surface area contributed by atoms with E-state index in [1.807, 2.05) is 17.5 Å². The molecule has 7 heteroatoms. The first kappa shape index (κ1) is 14.5. The third-order valence-electron chi connectivity index (χ3n) is 2.67. The van der Waals surface area contributed by atoms with Crippen molar-refractivity contribution in [2.24, 2.45) is 0 Å². The van der Waals surface area contributed by atoms with Crippen molar-refractivity contribution in [2.45, 2.75) is 6.54 Å². The third kappa shape index (κ3) is 2.81. The molecule has 0 N–H and O–H groups in total. The maximum Gasteiger partial charge on any atom is 0.325 e. The summed E-state index contributed by atoms with van der Waals surface area (Å²) in [6.07, 6.45) is 1.55. The van der Waals surface area contributed by atoms with E-state index >= 15 is 0 Å². The molecule has 0 aromatic carbocycles. The van der Waals surface area contributed by atoms with E-state index in [-0.39, 0.29) is 12.2 Å². The average Bonchev–Trinajstić information content (AvgIpc) is 3.06. The van der Waals surface area contributed by atoms with E-state index in [0.717, 1.165) is 4.88 Å². The van der Waals surface area contributed by atoms with Crippen LogP contribution in [0.5, 0.6) is 0 Å². The molecule has 2 aromatic rings. The molecule has 0 aliphatic heterocycles. The van der Waals surface area contributed by atoms with Crippen molar-refractivity contribution in [3.05, 3.63) is 35.5 Å². The number of hydrogen-bond donors (Lipinski definition) is 0. The lowest BCUT2D eigenvalue weighted by Gasteiger charge is -2.07. The van der Waals surface area contributed by atoms with Crippen molar-refractivity contribution in [1.82, 2.24) is 4.57 Å². The minimum absolute atomic E-state index is 0.0952. The fourth-order valence-electron chi connectivity index (χ4n) is 1.78. The van der Waals surface area contributed by atoms with Gasteiger partial charge in [0.15, 0.2) is 0 Å². The monoisotopic (exact) mass is 311 g/mol. The molecule has 0 radical (unpaired) electrons. The molecule has 2 rings (SSSR count). The van der Waals surface area contributed by atoms with E-state index in [9.17, 15) is 14.4 Å². The Bertz CT molecular complexity index is 660. The molecular formula is C13H10ClNO4S. The van der Waals surface area contributed by atoms with Crippen LogP contribution in [0.2, 0.25) is 0 Å². The van der Waals surface area contributed by atoms with Gasteiger partial charge in [-0.15, -0.1) is 11.3 Å². The largest absolute Gasteiger partial charge is 0.468 e. The van der Waals surface area contributed by atoms with Gasteiger partial charge in [-0.1, -0.05) is 6.07 Å². The fourth-order valence-corrected chi connectivity index (χ4v) is 2.63. The van der Waals surface area contributed by atoms with Gasteiger partial charge < -0.3 is 9.30 Å². The minimum atomic E-state index is -1.09. The maximum absolute atomic E-state index is 12.0. The quantitative estimate of drug-likeness (QED) is 0.368. The SMILES string of the molecule is COC(=O)Cn1ccc(-c2cccs2)c1C(=O)C(=O)Cl. The van der Waals surface area contributed by atoms with E-state index in [0.29, 0.717) is 5.56 Å². The molecule has 5 nitrogen and oxygen atoms in total. The Balaban J connectivity index is 2.51. The molecule has 20 heavy (non-hydrogen) atoms. The highest BCUT2D eigenvalue weighted by atomic mass is 35.5. The highest BCUT2D eigenvalue weighted by molar-refractivity contribution is 7.13. The molecule has 104 valence electrons. The summed E-state index contributed by atoms with van der Waals surface area (Å²) < 4.78 is 5.93. The number of thiophene rings is 1. The van der Waals surface area contributed by atoms with E-state index in [2.05, 4.69) is 4.74 Å². The van der Waals surface area contributed by atoms with Crippen LogP contribution in [0.15, 0.2) is 29.8 Å². The topological polar surface area (TPSA) is 65.4 Å². The molecule has 0 aliphatic carbocycles. The lowest BCUT2D eigenvalue weighted by Crippen LogP contribution is -2.19. The van der Waals surface area contributed by atoms with Gasteiger partial charge in [0.2, 0.25) is 0 Å². The van der Waals surface area contributed by atoms with Crippen LogP contribution in [-0.4, -0.2) is 28.7 Å². The molecule has 0 atom stereocenters. The Hall–Kier alpha value is -1.92. The zero-order chi connectivity index (χ0) is 14.7. The van der Waals surface area contributed by atoms with Gasteiger partial charge in [0.25, 0.3) is 11.0 Å². The number of esters is 1. The Morgan fingerprint density at radius 1 is 1.35 bits per heavy atom. The fraction of sp³-hybridized carbons (Fsp3) is 0.154. The summed E-state index contributed by atoms with van der Waals surface area (Å²) in [5.74, 6) is -1.36. The van der Waals surface area contributed by atoms with Crippen molar-refractivity contribution < 1.29 is 19.1 Å². The zero-order valence-electron chi connectivity index (χ0n) is 10.5. The van der Waals surface area contributed by atoms with Crippen LogP contribution in [-0.2, 0) is 20.9 Å². The van der Waals surface area contributed by atoms with Crippen molar-refractivity contribution >= 4 is 39.9 Å². The second kappa shape index (κ2) is 6.02. The number of carbonyl (C=O) groups is 3. The first-order valence-electron chi connectivity index (χ1n) is 5.58. The molecule has 0 aliphatic rings. The standard InChI is InChI=1S/C13H10ClNO4S/c1-19-10(16)7-15-5-4-8(9-3-2-6-20-9)11(15)12(17)13(14)18/h2-6H,7H2,1H3. The number of nitrogens with zero attached hydrogens (tertiary/aromatic N) is 1. The summed E-state index contributed by atoms with van der Waals surface area (Å²) in [6, 6.07) is 5.31. The Morgan fingerprint density at radius 2 is 2.10 bits per heavy atom. The second-order valence-electron chi connectivity index (χ2n) is 3.86. The molecule has 2 heterocycles. The molecule has 0 saturated carbocycles. The molecule has 0 unspecified atom stereocenters. The van der Waals surface area contributed by atoms with Gasteiger partial charge in [-0.2, -0.15) is 0 Å². The van der Waals surface area contributed by atoms with Gasteiger partial charge in [0, 0.05) is 16.6 Å². The average molecular weight is 312 g/mol. The van der Waals surface area contributed by atoms with E-state index in [1.54, 1.807) is 12.3 Å². The first-order valence-corrected chi connectivity index (χ1v) is 6.84. The number of halogens is 1. The number of rotatable bonds is 5. The number of ether oxygens (including phenoxy) is 1. The number of hydrogen-bond acceptors (Lipinski definition) is 5. The molecule has 0 bridgehead atoms. The number of methoxy groups -OCH3 is 1. The summed E-state index contributed by atoms with van der Waals surface area (Å²) in [4.78, 5) is 35.3. The van der Waals surface area contributed by atoms with E-state index < -0.39 is 17.0 Å². The van der Waals surface area contributed by atoms with E-state index in [1.165, 1.54) is 23.0 Å². The third-order valence-corrected chi connectivity index (χ3v) is 3.75. The Morgan fingerprint density at radius 3 is 2.65 bits per heavy atom. The molecule has 2 aromatic heterocycles. The van der Waals surface area contributed by atoms with Crippen molar-refractivity contribution in [3.8, 4) is 10.4 Å². The van der Waals surface area contributed by atoms with Crippen LogP contribution in [0, 0.1) is 0 Å². The van der Waals surface area contributed by atoms with Crippen molar-refractivity contribution in [3.63, 3.8) is 0 Å². The van der Waals surface area contributed by atoms with Crippen LogP contribution in [0.1, 0.15) is 10.5 Å². The highest BCUT2D eigenvalue weighted by Gasteiger charge is 2.24. The second-order valence-corrected chi connectivity index (χ2v) is 5.15. The lowest BCUT2D eigenvalue weighted by molar-refractivity contribution is -0.141. The van der Waals surface area contributed by atoms with Gasteiger partial charge in [0.1, 0.15) is 12.2 Å². The van der Waals surface area contributed by atoms with Crippen LogP contribution in [0.4, 0.5) is 0 Å². The predicted octanol–water partition coefficient (Wildman–Crippen LogP) is 2.34. The molecular weight excluding hydrogens is 302 g/mol. The van der Waals surface area contributed by atoms with Gasteiger partial charge >= 0.3 is 5.97 Å². The molecule has 0 amide bonds. The molecule has 0 saturated heterocycles. The van der Waals surface area contributed by atoms with Gasteiger partial charge in [0.05, 0.1) is 7.11 Å². The van der Waals surface area contributed by atoms with Gasteiger partial charge in [-0.05, 0) is 29.1 Å². The summed E-state index contributed by atoms with van der Waals surface area (Å²) in [7, 11) is 1.25. The normalized spacial score (nSPS) is 10.3. The minimum Gasteiger partial charge on any atom is -0.468 e. The Labute approximate surface area is 123 Å². The summed E-state index contributed by atoms with van der Waals surface area (Å²) >= 11 is 6.70. The lowest BCUT2D eigenvalue weighted by atomic mass is 10.1. The summed E-state index contributed by atoms with van der Waals surface area (Å²) in [5.41, 5.74) is 0.667. The first-order chi connectivity index (χ1) is 9.54. The summed E-state index contributed by atoms with van der Waals surface area (Å²) in [5, 5.41) is 0.761. The Kier molecular flexibility index (Phi) is 4.36. The van der Waals surface area contributed by atoms with Crippen molar-refractivity contribution in [1.29, 1.82) is 0 Å². The number of carbonyl (C=O) groups excluding carboxylic acids is 3. The van der Waals surface area contributed by atoms with Crippen LogP contribution < -0.4 is 0 Å². The van der Waals surface area contributed by atoms with Crippen LogP contribution in [0.3, 0.4) is 0 Å². The highest BCUT2D eigenvalue weighted by Crippen LogP contribution is 2.29. The van der Waals surface area contributed by atoms with E-state index in [4.69, 9.17) is 11.6 Å². The zero-order valence-corrected chi connectivity index (χ0v) is 12.0. The number of aromatic nitrogens is 1. The van der Waals surface area contributed by atoms with Crippen LogP contribution >= 0.6 is 22.9 Å². The van der Waals surface area contributed by atoms with Crippen LogP contribution in [0.25, 0.3) is 10.4 Å². The predicted molar refractivity (Wildman–Crippen MR) is 75.0 cm³/mol. The molecule has 0 spiro atoms. The smallest absolute Gasteiger partial charge is 0.325 e. The maximum atomic E-state index is 12.0. The molecule has 0 fully saturated rings. The van der Waals surface area contributed by atoms with Crippen molar-refractivity contribution in [2.75, 3.05) is 7.11 Å². The van der Waals surface area contributed by atoms with Gasteiger partial charge in [-0.25, -0.2) is 0 Å².